The molecule has 7 nitrogen and oxygen atoms in total. The summed E-state index contributed by atoms with van der Waals surface area (Å²) in [4.78, 5) is 40.1. The van der Waals surface area contributed by atoms with Crippen molar-refractivity contribution in [3.05, 3.63) is 70.1 Å². The first-order valence-electron chi connectivity index (χ1n) is 10.2. The van der Waals surface area contributed by atoms with E-state index in [-0.39, 0.29) is 23.8 Å². The molecule has 0 N–H and O–H groups in total. The van der Waals surface area contributed by atoms with Crippen LogP contribution in [0.2, 0.25) is 0 Å². The maximum atomic E-state index is 13.1. The summed E-state index contributed by atoms with van der Waals surface area (Å²) >= 11 is 0. The number of ether oxygens (including phenoxy) is 2. The summed E-state index contributed by atoms with van der Waals surface area (Å²) in [5.41, 5.74) is 2.32. The van der Waals surface area contributed by atoms with Gasteiger partial charge in [-0.25, -0.2) is 4.79 Å². The zero-order chi connectivity index (χ0) is 22.0. The molecule has 7 heteroatoms. The van der Waals surface area contributed by atoms with E-state index in [1.54, 1.807) is 24.1 Å². The lowest BCUT2D eigenvalue weighted by molar-refractivity contribution is -0.138. The second-order valence-corrected chi connectivity index (χ2v) is 7.57. The van der Waals surface area contributed by atoms with E-state index in [1.807, 2.05) is 43.3 Å². The van der Waals surface area contributed by atoms with Gasteiger partial charge in [0.05, 0.1) is 13.2 Å². The van der Waals surface area contributed by atoms with Gasteiger partial charge in [0.25, 0.3) is 11.5 Å². The van der Waals surface area contributed by atoms with Crippen molar-refractivity contribution in [3.63, 3.8) is 0 Å². The fourth-order valence-electron chi connectivity index (χ4n) is 3.82. The highest BCUT2D eigenvalue weighted by Crippen LogP contribution is 2.31. The molecule has 0 spiro atoms. The molecule has 3 aromatic rings. The lowest BCUT2D eigenvalue weighted by Crippen LogP contribution is -2.42. The van der Waals surface area contributed by atoms with Crippen LogP contribution in [0, 0.1) is 6.92 Å². The van der Waals surface area contributed by atoms with Crippen LogP contribution in [0.5, 0.6) is 0 Å². The number of pyridine rings is 1. The Hall–Kier alpha value is -3.45. The summed E-state index contributed by atoms with van der Waals surface area (Å²) in [6, 6.07) is 14.9. The van der Waals surface area contributed by atoms with E-state index in [0.717, 1.165) is 11.1 Å². The molecule has 4 rings (SSSR count). The Morgan fingerprint density at radius 1 is 1.00 bits per heavy atom. The monoisotopic (exact) mass is 420 g/mol. The number of aryl methyl sites for hydroxylation is 1. The van der Waals surface area contributed by atoms with Gasteiger partial charge in [-0.3, -0.25) is 9.59 Å². The number of carbonyl (C=O) groups excluding carboxylic acids is 2. The summed E-state index contributed by atoms with van der Waals surface area (Å²) in [6.07, 6.45) is 0. The lowest BCUT2D eigenvalue weighted by Gasteiger charge is -2.26. The molecule has 2 heterocycles. The Bertz CT molecular complexity index is 1190. The molecule has 0 saturated carbocycles. The third kappa shape index (κ3) is 4.09. The molecule has 1 aliphatic heterocycles. The fraction of sp³-hybridized carbons (Fsp3) is 0.292. The van der Waals surface area contributed by atoms with Gasteiger partial charge in [0, 0.05) is 31.1 Å². The average Bonchev–Trinajstić information content (AvgIpc) is 2.80. The van der Waals surface area contributed by atoms with Gasteiger partial charge < -0.3 is 18.9 Å². The maximum Gasteiger partial charge on any atom is 0.356 e. The van der Waals surface area contributed by atoms with Crippen molar-refractivity contribution in [2.75, 3.05) is 32.9 Å². The molecule has 31 heavy (non-hydrogen) atoms. The molecule has 160 valence electrons. The van der Waals surface area contributed by atoms with Gasteiger partial charge >= 0.3 is 5.97 Å². The summed E-state index contributed by atoms with van der Waals surface area (Å²) in [5, 5.41) is 1.18. The summed E-state index contributed by atoms with van der Waals surface area (Å²) < 4.78 is 11.9. The average molecular weight is 420 g/mol. The van der Waals surface area contributed by atoms with Crippen molar-refractivity contribution in [1.29, 1.82) is 0 Å². The normalized spacial score (nSPS) is 13.9. The second-order valence-electron chi connectivity index (χ2n) is 7.57. The van der Waals surface area contributed by atoms with Gasteiger partial charge in [-0.2, -0.15) is 0 Å². The van der Waals surface area contributed by atoms with Crippen LogP contribution in [-0.2, 0) is 21.3 Å². The highest BCUT2D eigenvalue weighted by Gasteiger charge is 2.25. The first-order valence-corrected chi connectivity index (χ1v) is 10.2. The fourth-order valence-corrected chi connectivity index (χ4v) is 3.82. The number of benzene rings is 2. The van der Waals surface area contributed by atoms with Crippen molar-refractivity contribution < 1.29 is 19.1 Å². The van der Waals surface area contributed by atoms with Crippen LogP contribution >= 0.6 is 0 Å². The molecule has 1 aliphatic rings. The number of amides is 1. The number of fused-ring (bicyclic) bond motifs is 1. The molecule has 0 unspecified atom stereocenters. The lowest BCUT2D eigenvalue weighted by atomic mass is 9.96. The van der Waals surface area contributed by atoms with E-state index in [4.69, 9.17) is 9.47 Å². The molecule has 1 saturated heterocycles. The van der Waals surface area contributed by atoms with Crippen LogP contribution in [0.1, 0.15) is 16.1 Å². The SMILES string of the molecule is Cc1ccc(-c2c(C(=O)OCC(=O)N3CCOCC3)n(C)c(=O)c3ccccc23)cc1. The number of carbonyl (C=O) groups is 2. The quantitative estimate of drug-likeness (QED) is 0.606. The Labute approximate surface area is 179 Å². The number of esters is 1. The Kier molecular flexibility index (Phi) is 5.86. The number of rotatable bonds is 4. The van der Waals surface area contributed by atoms with Crippen LogP contribution in [-0.4, -0.2) is 54.3 Å². The zero-order valence-electron chi connectivity index (χ0n) is 17.6. The number of hydrogen-bond donors (Lipinski definition) is 0. The molecular weight excluding hydrogens is 396 g/mol. The van der Waals surface area contributed by atoms with Gasteiger partial charge in [-0.15, -0.1) is 0 Å². The summed E-state index contributed by atoms with van der Waals surface area (Å²) in [5.74, 6) is -0.984. The minimum atomic E-state index is -0.706. The highest BCUT2D eigenvalue weighted by molar-refractivity contribution is 6.07. The molecule has 0 atom stereocenters. The minimum absolute atomic E-state index is 0.127. The Morgan fingerprint density at radius 3 is 2.32 bits per heavy atom. The van der Waals surface area contributed by atoms with E-state index in [1.165, 1.54) is 4.57 Å². The summed E-state index contributed by atoms with van der Waals surface area (Å²) in [7, 11) is 1.55. The van der Waals surface area contributed by atoms with Gasteiger partial charge in [0.2, 0.25) is 0 Å². The molecule has 1 amide bonds. The Balaban J connectivity index is 1.75. The molecular formula is C24H24N2O5. The number of morpholine rings is 1. The van der Waals surface area contributed by atoms with Gasteiger partial charge in [0.15, 0.2) is 6.61 Å². The first kappa shape index (κ1) is 20.8. The van der Waals surface area contributed by atoms with E-state index >= 15 is 0 Å². The van der Waals surface area contributed by atoms with E-state index in [0.29, 0.717) is 42.6 Å². The summed E-state index contributed by atoms with van der Waals surface area (Å²) in [6.45, 7) is 3.48. The molecule has 1 aromatic heterocycles. The van der Waals surface area contributed by atoms with Gasteiger partial charge in [0.1, 0.15) is 5.69 Å². The van der Waals surface area contributed by atoms with Crippen LogP contribution in [0.15, 0.2) is 53.3 Å². The standard InChI is InChI=1S/C24H24N2O5/c1-16-7-9-17(10-8-16)21-18-5-3-4-6-19(18)23(28)25(2)22(21)24(29)31-15-20(27)26-11-13-30-14-12-26/h3-10H,11-15H2,1-2H3. The number of hydrogen-bond acceptors (Lipinski definition) is 5. The van der Waals surface area contributed by atoms with Crippen molar-refractivity contribution in [2.24, 2.45) is 7.05 Å². The largest absolute Gasteiger partial charge is 0.451 e. The van der Waals surface area contributed by atoms with Crippen LogP contribution in [0.4, 0.5) is 0 Å². The number of nitrogens with zero attached hydrogens (tertiary/aromatic N) is 2. The van der Waals surface area contributed by atoms with Crippen LogP contribution in [0.25, 0.3) is 21.9 Å². The zero-order valence-corrected chi connectivity index (χ0v) is 17.6. The Morgan fingerprint density at radius 2 is 1.65 bits per heavy atom. The minimum Gasteiger partial charge on any atom is -0.451 e. The highest BCUT2D eigenvalue weighted by atomic mass is 16.5. The third-order valence-corrected chi connectivity index (χ3v) is 5.53. The molecule has 0 radical (unpaired) electrons. The maximum absolute atomic E-state index is 13.1. The molecule has 1 fully saturated rings. The molecule has 0 aliphatic carbocycles. The predicted molar refractivity (Wildman–Crippen MR) is 117 cm³/mol. The van der Waals surface area contributed by atoms with Crippen LogP contribution in [0.3, 0.4) is 0 Å². The van der Waals surface area contributed by atoms with Crippen molar-refractivity contribution >= 4 is 22.6 Å². The van der Waals surface area contributed by atoms with Crippen LogP contribution < -0.4 is 5.56 Å². The van der Waals surface area contributed by atoms with Gasteiger partial charge in [-0.1, -0.05) is 48.0 Å². The predicted octanol–water partition coefficient (Wildman–Crippen LogP) is 2.53. The number of aromatic nitrogens is 1. The van der Waals surface area contributed by atoms with E-state index in [9.17, 15) is 14.4 Å². The second kappa shape index (κ2) is 8.73. The van der Waals surface area contributed by atoms with Gasteiger partial charge in [-0.05, 0) is 23.9 Å². The molecule has 2 aromatic carbocycles. The topological polar surface area (TPSA) is 77.8 Å². The molecule has 0 bridgehead atoms. The third-order valence-electron chi connectivity index (χ3n) is 5.53. The van der Waals surface area contributed by atoms with E-state index in [2.05, 4.69) is 0 Å². The van der Waals surface area contributed by atoms with Crippen molar-refractivity contribution in [1.82, 2.24) is 9.47 Å². The van der Waals surface area contributed by atoms with E-state index < -0.39 is 5.97 Å². The first-order chi connectivity index (χ1) is 15.0. The van der Waals surface area contributed by atoms with Crippen molar-refractivity contribution in [3.8, 4) is 11.1 Å². The van der Waals surface area contributed by atoms with Crippen molar-refractivity contribution in [2.45, 2.75) is 6.92 Å². The smallest absolute Gasteiger partial charge is 0.356 e.